The second-order valence-corrected chi connectivity index (χ2v) is 10.2. The van der Waals surface area contributed by atoms with Crippen LogP contribution in [0.2, 0.25) is 0 Å². The first-order valence-corrected chi connectivity index (χ1v) is 11.6. The van der Waals surface area contributed by atoms with Gasteiger partial charge in [-0.05, 0) is 17.7 Å². The first-order valence-electron chi connectivity index (χ1n) is 9.88. The second-order valence-electron chi connectivity index (χ2n) is 8.03. The van der Waals surface area contributed by atoms with E-state index in [2.05, 4.69) is 15.2 Å². The highest BCUT2D eigenvalue weighted by atomic mass is 32.3. The van der Waals surface area contributed by atoms with Crippen molar-refractivity contribution in [2.24, 2.45) is 5.73 Å². The van der Waals surface area contributed by atoms with Crippen LogP contribution in [-0.2, 0) is 11.3 Å². The van der Waals surface area contributed by atoms with Gasteiger partial charge in [0.1, 0.15) is 5.82 Å². The molecule has 1 saturated heterocycles. The molecule has 2 aliphatic rings. The van der Waals surface area contributed by atoms with Gasteiger partial charge in [0, 0.05) is 49.2 Å². The van der Waals surface area contributed by atoms with Gasteiger partial charge < -0.3 is 20.7 Å². The molecule has 4 heterocycles. The minimum absolute atomic E-state index is 0.270. The molecule has 2 aliphatic heterocycles. The highest BCUT2D eigenvalue weighted by molar-refractivity contribution is 8.24. The zero-order valence-corrected chi connectivity index (χ0v) is 17.3. The Hall–Kier alpha value is -2.43. The summed E-state index contributed by atoms with van der Waals surface area (Å²) >= 11 is 0. The number of nitrogens with zero attached hydrogens (tertiary/aromatic N) is 3. The lowest BCUT2D eigenvalue weighted by molar-refractivity contribution is -0.0461. The maximum absolute atomic E-state index is 10.7. The Morgan fingerprint density at radius 3 is 2.87 bits per heavy atom. The summed E-state index contributed by atoms with van der Waals surface area (Å²) < 4.78 is 26.6. The predicted molar refractivity (Wildman–Crippen MR) is 119 cm³/mol. The summed E-state index contributed by atoms with van der Waals surface area (Å²) in [5.41, 5.74) is 8.57. The average Bonchev–Trinajstić information content (AvgIpc) is 2.86. The van der Waals surface area contributed by atoms with Crippen molar-refractivity contribution >= 4 is 33.0 Å². The Kier molecular flexibility index (Phi) is 4.79. The van der Waals surface area contributed by atoms with Gasteiger partial charge in [0.25, 0.3) is 0 Å². The molecule has 8 nitrogen and oxygen atoms in total. The van der Waals surface area contributed by atoms with Crippen LogP contribution >= 0.6 is 10.6 Å². The van der Waals surface area contributed by atoms with Crippen LogP contribution in [0.1, 0.15) is 5.56 Å². The second kappa shape index (κ2) is 7.36. The van der Waals surface area contributed by atoms with E-state index in [1.54, 1.807) is 12.4 Å². The maximum Gasteiger partial charge on any atom is 0.131 e. The van der Waals surface area contributed by atoms with Gasteiger partial charge in [-0.25, -0.2) is 4.98 Å². The van der Waals surface area contributed by atoms with Gasteiger partial charge in [-0.2, -0.15) is 10.6 Å². The van der Waals surface area contributed by atoms with E-state index in [0.29, 0.717) is 37.7 Å². The number of nitrogens with two attached hydrogens (primary N) is 1. The molecule has 0 spiro atoms. The number of benzene rings is 1. The topological polar surface area (TPSA) is 117 Å². The van der Waals surface area contributed by atoms with Crippen molar-refractivity contribution in [2.75, 3.05) is 42.3 Å². The fraction of sp³-hybridized carbons (Fsp3) is 0.333. The Morgan fingerprint density at radius 1 is 1.23 bits per heavy atom. The first kappa shape index (κ1) is 19.5. The van der Waals surface area contributed by atoms with Gasteiger partial charge >= 0.3 is 0 Å². The molecule has 2 aromatic heterocycles. The highest BCUT2D eigenvalue weighted by Crippen LogP contribution is 2.51. The van der Waals surface area contributed by atoms with Gasteiger partial charge in [-0.3, -0.25) is 14.1 Å². The number of ether oxygens (including phenoxy) is 1. The van der Waals surface area contributed by atoms with E-state index in [1.165, 1.54) is 0 Å². The molecule has 5 rings (SSSR count). The number of pyridine rings is 2. The van der Waals surface area contributed by atoms with Crippen LogP contribution in [0.5, 0.6) is 0 Å². The highest BCUT2D eigenvalue weighted by Gasteiger charge is 2.34. The Labute approximate surface area is 176 Å². The molecule has 0 radical (unpaired) electrons. The summed E-state index contributed by atoms with van der Waals surface area (Å²) in [6, 6.07) is 11.4. The van der Waals surface area contributed by atoms with Crippen LogP contribution in [0.3, 0.4) is 0 Å². The van der Waals surface area contributed by atoms with Crippen LogP contribution in [0.15, 0.2) is 53.7 Å². The van der Waals surface area contributed by atoms with Gasteiger partial charge in [-0.15, -0.1) is 0 Å². The molecule has 1 fully saturated rings. The van der Waals surface area contributed by atoms with E-state index >= 15 is 0 Å². The van der Waals surface area contributed by atoms with Crippen molar-refractivity contribution in [1.82, 2.24) is 9.97 Å². The van der Waals surface area contributed by atoms with Crippen LogP contribution in [-0.4, -0.2) is 56.7 Å². The number of hydrogen-bond acceptors (Lipinski definition) is 8. The van der Waals surface area contributed by atoms with E-state index in [9.17, 15) is 9.11 Å². The molecule has 5 N–H and O–H groups in total. The average molecular weight is 428 g/mol. The summed E-state index contributed by atoms with van der Waals surface area (Å²) in [6.07, 6.45) is 3.52. The predicted octanol–water partition coefficient (Wildman–Crippen LogP) is 2.90. The number of nitrogens with one attached hydrogen (secondary N) is 1. The van der Waals surface area contributed by atoms with E-state index in [1.807, 2.05) is 36.4 Å². The van der Waals surface area contributed by atoms with Crippen molar-refractivity contribution in [3.05, 3.63) is 54.4 Å². The van der Waals surface area contributed by atoms with E-state index in [4.69, 9.17) is 15.5 Å². The molecule has 0 bridgehead atoms. The molecule has 30 heavy (non-hydrogen) atoms. The zero-order valence-electron chi connectivity index (χ0n) is 16.5. The summed E-state index contributed by atoms with van der Waals surface area (Å²) in [5.74, 6) is 1.05. The molecule has 1 aromatic carbocycles. The van der Waals surface area contributed by atoms with Crippen LogP contribution in [0.25, 0.3) is 10.9 Å². The molecule has 0 aliphatic carbocycles. The van der Waals surface area contributed by atoms with Gasteiger partial charge in [0.2, 0.25) is 0 Å². The lowest BCUT2D eigenvalue weighted by Gasteiger charge is -2.38. The van der Waals surface area contributed by atoms with Crippen molar-refractivity contribution in [3.8, 4) is 0 Å². The zero-order chi connectivity index (χ0) is 20.8. The lowest BCUT2D eigenvalue weighted by Crippen LogP contribution is -2.61. The summed E-state index contributed by atoms with van der Waals surface area (Å²) in [7, 11) is -2.82. The Morgan fingerprint density at radius 2 is 2.07 bits per heavy atom. The number of fused-ring (bicyclic) bond motifs is 2. The molecule has 3 aromatic rings. The summed E-state index contributed by atoms with van der Waals surface area (Å²) in [5, 5.41) is 4.38. The monoisotopic (exact) mass is 427 g/mol. The van der Waals surface area contributed by atoms with Gasteiger partial charge in [-0.1, -0.05) is 18.2 Å². The quantitative estimate of drug-likeness (QED) is 0.502. The number of hydrogen-bond donors (Lipinski definition) is 4. The minimum Gasteiger partial charge on any atom is -0.382 e. The van der Waals surface area contributed by atoms with E-state index in [0.717, 1.165) is 28.0 Å². The normalized spacial score (nSPS) is 20.7. The molecule has 0 amide bonds. The fourth-order valence-electron chi connectivity index (χ4n) is 3.88. The van der Waals surface area contributed by atoms with Crippen LogP contribution in [0, 0.1) is 0 Å². The van der Waals surface area contributed by atoms with Crippen LogP contribution in [0.4, 0.5) is 11.5 Å². The largest absolute Gasteiger partial charge is 0.382 e. The molecule has 158 valence electrons. The molecular formula is C21H25N5O3S. The molecule has 9 heteroatoms. The first-order chi connectivity index (χ1) is 14.4. The smallest absolute Gasteiger partial charge is 0.131 e. The Balaban J connectivity index is 1.51. The van der Waals surface area contributed by atoms with E-state index in [-0.39, 0.29) is 11.3 Å². The Bertz CT molecular complexity index is 1090. The minimum atomic E-state index is -2.82. The summed E-state index contributed by atoms with van der Waals surface area (Å²) in [4.78, 5) is 11.8. The van der Waals surface area contributed by atoms with Gasteiger partial charge in [0.05, 0.1) is 34.9 Å². The fourth-order valence-corrected chi connectivity index (χ4v) is 5.43. The third-order valence-electron chi connectivity index (χ3n) is 5.66. The third-order valence-corrected chi connectivity index (χ3v) is 7.52. The van der Waals surface area contributed by atoms with Crippen molar-refractivity contribution in [2.45, 2.75) is 17.0 Å². The summed E-state index contributed by atoms with van der Waals surface area (Å²) in [6.45, 7) is 2.71. The van der Waals surface area contributed by atoms with Crippen molar-refractivity contribution in [3.63, 3.8) is 0 Å². The molecule has 0 atom stereocenters. The maximum atomic E-state index is 10.7. The molecular weight excluding hydrogens is 402 g/mol. The number of rotatable bonds is 4. The molecule has 0 unspecified atom stereocenters. The van der Waals surface area contributed by atoms with Gasteiger partial charge in [0.15, 0.2) is 0 Å². The lowest BCUT2D eigenvalue weighted by atomic mass is 9.99. The van der Waals surface area contributed by atoms with Crippen molar-refractivity contribution < 1.29 is 13.8 Å². The number of anilines is 2. The van der Waals surface area contributed by atoms with E-state index < -0.39 is 10.6 Å². The molecule has 0 saturated carbocycles. The van der Waals surface area contributed by atoms with Crippen LogP contribution < -0.4 is 16.0 Å². The SMILES string of the molecule is NC1(CNc2cc(N3CCS(O)(O)c4ccccc4C3)nc3ccncc23)COC1. The standard InChI is InChI=1S/C21H25N5O3S/c22-21(13-29-14-21)12-24-18-9-20(25-17-5-6-23-10-16(17)18)26-7-8-30(27,28)19-4-2-1-3-15(19)11-26/h1-6,9-10,27-28H,7-8,11-14,22H2,(H,24,25). The van der Waals surface area contributed by atoms with Crippen molar-refractivity contribution in [1.29, 1.82) is 0 Å². The third kappa shape index (κ3) is 3.59. The number of aromatic nitrogens is 2.